The highest BCUT2D eigenvalue weighted by atomic mass is 35.5. The Morgan fingerprint density at radius 1 is 1.44 bits per heavy atom. The van der Waals surface area contributed by atoms with Crippen LogP contribution < -0.4 is 11.1 Å². The third-order valence-electron chi connectivity index (χ3n) is 3.53. The van der Waals surface area contributed by atoms with Crippen molar-refractivity contribution in [3.8, 4) is 0 Å². The second kappa shape index (κ2) is 6.45. The van der Waals surface area contributed by atoms with Crippen LogP contribution in [0.2, 0.25) is 0 Å². The number of amides is 1. The zero-order chi connectivity index (χ0) is 11.5. The van der Waals surface area contributed by atoms with Crippen LogP contribution in [0.1, 0.15) is 52.9 Å². The van der Waals surface area contributed by atoms with E-state index >= 15 is 0 Å². The average molecular weight is 249 g/mol. The van der Waals surface area contributed by atoms with Crippen LogP contribution in [0.25, 0.3) is 0 Å². The standard InChI is InChI=1S/C12H24N2O.ClH/c1-4-12(2,3)14-11(15)8-9-6-5-7-10(9)13;/h9-10H,4-8,13H2,1-3H3,(H,14,15);1H/t9-,10+;/m0./s1. The minimum atomic E-state index is -0.0835. The lowest BCUT2D eigenvalue weighted by molar-refractivity contribution is -0.123. The van der Waals surface area contributed by atoms with E-state index in [1.54, 1.807) is 0 Å². The maximum absolute atomic E-state index is 11.8. The summed E-state index contributed by atoms with van der Waals surface area (Å²) in [6.45, 7) is 6.19. The van der Waals surface area contributed by atoms with Gasteiger partial charge in [-0.25, -0.2) is 0 Å². The molecule has 1 rings (SSSR count). The zero-order valence-electron chi connectivity index (χ0n) is 10.6. The van der Waals surface area contributed by atoms with Gasteiger partial charge in [-0.1, -0.05) is 13.3 Å². The molecule has 0 aromatic carbocycles. The van der Waals surface area contributed by atoms with Gasteiger partial charge in [0, 0.05) is 18.0 Å². The molecule has 0 bridgehead atoms. The maximum Gasteiger partial charge on any atom is 0.220 e. The highest BCUT2D eigenvalue weighted by molar-refractivity contribution is 5.85. The molecule has 0 aromatic heterocycles. The molecule has 3 N–H and O–H groups in total. The van der Waals surface area contributed by atoms with E-state index in [9.17, 15) is 4.79 Å². The van der Waals surface area contributed by atoms with E-state index in [4.69, 9.17) is 5.73 Å². The molecule has 3 nitrogen and oxygen atoms in total. The number of nitrogens with one attached hydrogen (secondary N) is 1. The number of hydrogen-bond acceptors (Lipinski definition) is 2. The van der Waals surface area contributed by atoms with Gasteiger partial charge in [0.2, 0.25) is 5.91 Å². The van der Waals surface area contributed by atoms with Crippen LogP contribution in [0.5, 0.6) is 0 Å². The summed E-state index contributed by atoms with van der Waals surface area (Å²) in [5, 5.41) is 3.06. The molecule has 0 radical (unpaired) electrons. The van der Waals surface area contributed by atoms with Crippen LogP contribution in [-0.2, 0) is 4.79 Å². The number of carbonyl (C=O) groups excluding carboxylic acids is 1. The molecule has 0 unspecified atom stereocenters. The summed E-state index contributed by atoms with van der Waals surface area (Å²) < 4.78 is 0. The molecule has 0 aliphatic heterocycles. The second-order valence-electron chi connectivity index (χ2n) is 5.34. The lowest BCUT2D eigenvalue weighted by Gasteiger charge is -2.26. The number of halogens is 1. The smallest absolute Gasteiger partial charge is 0.220 e. The van der Waals surface area contributed by atoms with Crippen molar-refractivity contribution < 1.29 is 4.79 Å². The minimum absolute atomic E-state index is 0. The number of hydrogen-bond donors (Lipinski definition) is 2. The fourth-order valence-electron chi connectivity index (χ4n) is 2.07. The van der Waals surface area contributed by atoms with Crippen molar-refractivity contribution in [3.63, 3.8) is 0 Å². The van der Waals surface area contributed by atoms with Crippen molar-refractivity contribution in [2.24, 2.45) is 11.7 Å². The Morgan fingerprint density at radius 2 is 2.06 bits per heavy atom. The molecule has 0 aromatic rings. The number of nitrogens with two attached hydrogens (primary N) is 1. The first-order valence-corrected chi connectivity index (χ1v) is 6.01. The Labute approximate surface area is 105 Å². The summed E-state index contributed by atoms with van der Waals surface area (Å²) in [5.41, 5.74) is 5.86. The molecule has 1 saturated carbocycles. The van der Waals surface area contributed by atoms with Gasteiger partial charge in [-0.2, -0.15) is 0 Å². The van der Waals surface area contributed by atoms with Gasteiger partial charge in [0.25, 0.3) is 0 Å². The Kier molecular flexibility index (Phi) is 6.34. The summed E-state index contributed by atoms with van der Waals surface area (Å²) in [6.07, 6.45) is 4.92. The van der Waals surface area contributed by atoms with Crippen LogP contribution in [0.15, 0.2) is 0 Å². The van der Waals surface area contributed by atoms with Crippen LogP contribution in [0.3, 0.4) is 0 Å². The lowest BCUT2D eigenvalue weighted by Crippen LogP contribution is -2.44. The molecule has 0 heterocycles. The second-order valence-corrected chi connectivity index (χ2v) is 5.34. The highest BCUT2D eigenvalue weighted by Gasteiger charge is 2.27. The van der Waals surface area contributed by atoms with E-state index < -0.39 is 0 Å². The van der Waals surface area contributed by atoms with Crippen molar-refractivity contribution in [3.05, 3.63) is 0 Å². The van der Waals surface area contributed by atoms with Gasteiger partial charge in [-0.15, -0.1) is 12.4 Å². The Balaban J connectivity index is 0.00000225. The van der Waals surface area contributed by atoms with E-state index in [-0.39, 0.29) is 29.9 Å². The van der Waals surface area contributed by atoms with Gasteiger partial charge in [-0.3, -0.25) is 4.79 Å². The first-order valence-electron chi connectivity index (χ1n) is 6.01. The minimum Gasteiger partial charge on any atom is -0.351 e. The molecule has 1 fully saturated rings. The van der Waals surface area contributed by atoms with Crippen LogP contribution in [-0.4, -0.2) is 17.5 Å². The fraction of sp³-hybridized carbons (Fsp3) is 0.917. The van der Waals surface area contributed by atoms with Gasteiger partial charge in [-0.05, 0) is 39.0 Å². The van der Waals surface area contributed by atoms with E-state index in [2.05, 4.69) is 26.1 Å². The summed E-state index contributed by atoms with van der Waals surface area (Å²) in [6, 6.07) is 0.237. The molecule has 16 heavy (non-hydrogen) atoms. The SMILES string of the molecule is CCC(C)(C)NC(=O)C[C@@H]1CCC[C@H]1N.Cl. The lowest BCUT2D eigenvalue weighted by atomic mass is 9.97. The molecule has 2 atom stereocenters. The molecule has 4 heteroatoms. The van der Waals surface area contributed by atoms with E-state index in [1.807, 2.05) is 0 Å². The summed E-state index contributed by atoms with van der Waals surface area (Å²) in [7, 11) is 0. The predicted molar refractivity (Wildman–Crippen MR) is 69.7 cm³/mol. The van der Waals surface area contributed by atoms with E-state index in [1.165, 1.54) is 6.42 Å². The van der Waals surface area contributed by atoms with Gasteiger partial charge >= 0.3 is 0 Å². The molecular weight excluding hydrogens is 224 g/mol. The summed E-state index contributed by atoms with van der Waals surface area (Å²) in [4.78, 5) is 11.8. The van der Waals surface area contributed by atoms with Crippen molar-refractivity contribution in [2.45, 2.75) is 64.5 Å². The van der Waals surface area contributed by atoms with Crippen molar-refractivity contribution in [2.75, 3.05) is 0 Å². The normalized spacial score (nSPS) is 25.0. The van der Waals surface area contributed by atoms with Crippen LogP contribution >= 0.6 is 12.4 Å². The largest absolute Gasteiger partial charge is 0.351 e. The Hall–Kier alpha value is -0.280. The van der Waals surface area contributed by atoms with Crippen molar-refractivity contribution in [1.29, 1.82) is 0 Å². The summed E-state index contributed by atoms with van der Waals surface area (Å²) >= 11 is 0. The number of rotatable bonds is 4. The first-order chi connectivity index (χ1) is 6.94. The first kappa shape index (κ1) is 15.7. The van der Waals surface area contributed by atoms with Gasteiger partial charge in [0.1, 0.15) is 0 Å². The quantitative estimate of drug-likeness (QED) is 0.802. The molecule has 1 aliphatic carbocycles. The number of carbonyl (C=O) groups is 1. The van der Waals surface area contributed by atoms with E-state index in [0.29, 0.717) is 12.3 Å². The van der Waals surface area contributed by atoms with Crippen molar-refractivity contribution in [1.82, 2.24) is 5.32 Å². The fourth-order valence-corrected chi connectivity index (χ4v) is 2.07. The van der Waals surface area contributed by atoms with Crippen molar-refractivity contribution >= 4 is 18.3 Å². The third-order valence-corrected chi connectivity index (χ3v) is 3.53. The molecule has 1 aliphatic rings. The Bertz CT molecular complexity index is 231. The maximum atomic E-state index is 11.8. The van der Waals surface area contributed by atoms with Gasteiger partial charge in [0.15, 0.2) is 0 Å². The third kappa shape index (κ3) is 4.71. The molecular formula is C12H25ClN2O. The monoisotopic (exact) mass is 248 g/mol. The zero-order valence-corrected chi connectivity index (χ0v) is 11.4. The molecule has 1 amide bonds. The van der Waals surface area contributed by atoms with Crippen LogP contribution in [0, 0.1) is 5.92 Å². The molecule has 0 saturated heterocycles. The highest BCUT2D eigenvalue weighted by Crippen LogP contribution is 2.26. The molecule has 0 spiro atoms. The van der Waals surface area contributed by atoms with Gasteiger partial charge < -0.3 is 11.1 Å². The predicted octanol–water partition coefficient (Wildman–Crippen LogP) is 2.23. The Morgan fingerprint density at radius 3 is 2.50 bits per heavy atom. The molecule has 96 valence electrons. The van der Waals surface area contributed by atoms with E-state index in [0.717, 1.165) is 19.3 Å². The summed E-state index contributed by atoms with van der Waals surface area (Å²) in [5.74, 6) is 0.557. The van der Waals surface area contributed by atoms with Gasteiger partial charge in [0.05, 0.1) is 0 Å². The topological polar surface area (TPSA) is 55.1 Å². The van der Waals surface area contributed by atoms with Crippen LogP contribution in [0.4, 0.5) is 0 Å². The average Bonchev–Trinajstić information content (AvgIpc) is 2.51.